The van der Waals surface area contributed by atoms with E-state index in [1.165, 1.54) is 0 Å². The molecule has 74 valence electrons. The van der Waals surface area contributed by atoms with Crippen molar-refractivity contribution in [3.8, 4) is 0 Å². The molecule has 1 rings (SSSR count). The normalized spacial score (nSPS) is 23.5. The molecule has 1 aliphatic rings. The maximum Gasteiger partial charge on any atom is 0.0586 e. The van der Waals surface area contributed by atoms with Crippen LogP contribution in [0.3, 0.4) is 0 Å². The summed E-state index contributed by atoms with van der Waals surface area (Å²) in [5.74, 6) is 0. The standard InChI is InChI=1S/C7H15NO2.C2H6/c9-5-4-8-3-1-2-7(8)6-10;1-2/h7,9-10H,1-6H2;1-2H3. The smallest absolute Gasteiger partial charge is 0.0586 e. The quantitative estimate of drug-likeness (QED) is 0.655. The number of nitrogens with zero attached hydrogens (tertiary/aromatic N) is 1. The van der Waals surface area contributed by atoms with Crippen LogP contribution in [0.25, 0.3) is 0 Å². The molecular weight excluding hydrogens is 154 g/mol. The topological polar surface area (TPSA) is 43.7 Å². The highest BCUT2D eigenvalue weighted by Crippen LogP contribution is 2.15. The van der Waals surface area contributed by atoms with Gasteiger partial charge in [-0.15, -0.1) is 0 Å². The van der Waals surface area contributed by atoms with Crippen LogP contribution in [0.15, 0.2) is 0 Å². The van der Waals surface area contributed by atoms with Crippen molar-refractivity contribution in [3.63, 3.8) is 0 Å². The Labute approximate surface area is 75.0 Å². The first-order chi connectivity index (χ1) is 5.88. The van der Waals surface area contributed by atoms with Gasteiger partial charge in [-0.05, 0) is 19.4 Å². The summed E-state index contributed by atoms with van der Waals surface area (Å²) in [7, 11) is 0. The number of likely N-dealkylation sites (tertiary alicyclic amines) is 1. The molecule has 1 heterocycles. The van der Waals surface area contributed by atoms with Crippen molar-refractivity contribution in [1.82, 2.24) is 4.90 Å². The number of hydrogen-bond acceptors (Lipinski definition) is 3. The van der Waals surface area contributed by atoms with Gasteiger partial charge in [0.1, 0.15) is 0 Å². The van der Waals surface area contributed by atoms with Gasteiger partial charge in [0.2, 0.25) is 0 Å². The number of β-amino-alcohol motifs (C(OH)–C–C–N with tert-alkyl or cyclic N) is 1. The zero-order chi connectivity index (χ0) is 9.40. The molecule has 0 amide bonds. The van der Waals surface area contributed by atoms with Crippen molar-refractivity contribution in [1.29, 1.82) is 0 Å². The molecule has 12 heavy (non-hydrogen) atoms. The fraction of sp³-hybridized carbons (Fsp3) is 1.00. The lowest BCUT2D eigenvalue weighted by molar-refractivity contribution is 0.134. The summed E-state index contributed by atoms with van der Waals surface area (Å²) in [6.07, 6.45) is 2.24. The van der Waals surface area contributed by atoms with Crippen LogP contribution in [-0.4, -0.2) is 47.5 Å². The molecule has 0 aliphatic carbocycles. The Morgan fingerprint density at radius 1 is 1.33 bits per heavy atom. The highest BCUT2D eigenvalue weighted by Gasteiger charge is 2.22. The van der Waals surface area contributed by atoms with E-state index < -0.39 is 0 Å². The van der Waals surface area contributed by atoms with Gasteiger partial charge >= 0.3 is 0 Å². The second-order valence-electron chi connectivity index (χ2n) is 2.74. The predicted octanol–water partition coefficient (Wildman–Crippen LogP) is 0.462. The van der Waals surface area contributed by atoms with Gasteiger partial charge in [-0.2, -0.15) is 0 Å². The van der Waals surface area contributed by atoms with Crippen LogP contribution in [0.1, 0.15) is 26.7 Å². The summed E-state index contributed by atoms with van der Waals surface area (Å²) in [6.45, 7) is 6.19. The molecule has 0 aromatic carbocycles. The molecule has 1 atom stereocenters. The van der Waals surface area contributed by atoms with E-state index in [0.717, 1.165) is 19.4 Å². The van der Waals surface area contributed by atoms with Gasteiger partial charge in [-0.3, -0.25) is 4.90 Å². The van der Waals surface area contributed by atoms with Gasteiger partial charge in [0.15, 0.2) is 0 Å². The van der Waals surface area contributed by atoms with Crippen molar-refractivity contribution < 1.29 is 10.2 Å². The van der Waals surface area contributed by atoms with E-state index in [1.807, 2.05) is 13.8 Å². The van der Waals surface area contributed by atoms with E-state index in [9.17, 15) is 0 Å². The Hall–Kier alpha value is -0.120. The maximum absolute atomic E-state index is 8.84. The van der Waals surface area contributed by atoms with Gasteiger partial charge in [0.05, 0.1) is 13.2 Å². The number of aliphatic hydroxyl groups excluding tert-OH is 2. The lowest BCUT2D eigenvalue weighted by Crippen LogP contribution is -2.34. The minimum Gasteiger partial charge on any atom is -0.395 e. The molecule has 0 spiro atoms. The van der Waals surface area contributed by atoms with E-state index in [0.29, 0.717) is 12.6 Å². The maximum atomic E-state index is 8.84. The van der Waals surface area contributed by atoms with Crippen LogP contribution in [-0.2, 0) is 0 Å². The Kier molecular flexibility index (Phi) is 7.45. The zero-order valence-electron chi connectivity index (χ0n) is 8.16. The van der Waals surface area contributed by atoms with E-state index in [2.05, 4.69) is 4.90 Å². The summed E-state index contributed by atoms with van der Waals surface area (Å²) < 4.78 is 0. The summed E-state index contributed by atoms with van der Waals surface area (Å²) >= 11 is 0. The van der Waals surface area contributed by atoms with Crippen LogP contribution in [0.5, 0.6) is 0 Å². The molecule has 1 unspecified atom stereocenters. The third-order valence-corrected chi connectivity index (χ3v) is 2.10. The fourth-order valence-corrected chi connectivity index (χ4v) is 1.52. The number of hydrogen-bond donors (Lipinski definition) is 2. The summed E-state index contributed by atoms with van der Waals surface area (Å²) in [6, 6.07) is 0.312. The van der Waals surface area contributed by atoms with Crippen molar-refractivity contribution in [2.24, 2.45) is 0 Å². The average molecular weight is 175 g/mol. The SMILES string of the molecule is CC.OCCN1CCCC1CO. The first kappa shape index (κ1) is 11.9. The zero-order valence-corrected chi connectivity index (χ0v) is 8.16. The monoisotopic (exact) mass is 175 g/mol. The number of rotatable bonds is 3. The third kappa shape index (κ3) is 3.52. The Morgan fingerprint density at radius 2 is 2.00 bits per heavy atom. The fourth-order valence-electron chi connectivity index (χ4n) is 1.52. The minimum atomic E-state index is 0.205. The predicted molar refractivity (Wildman–Crippen MR) is 50.1 cm³/mol. The minimum absolute atomic E-state index is 0.205. The van der Waals surface area contributed by atoms with E-state index in [-0.39, 0.29) is 13.2 Å². The lowest BCUT2D eigenvalue weighted by atomic mass is 10.2. The Balaban J connectivity index is 0.000000561. The van der Waals surface area contributed by atoms with Crippen molar-refractivity contribution in [3.05, 3.63) is 0 Å². The van der Waals surface area contributed by atoms with Crippen LogP contribution in [0.2, 0.25) is 0 Å². The summed E-state index contributed by atoms with van der Waals surface area (Å²) in [5.41, 5.74) is 0. The molecule has 3 nitrogen and oxygen atoms in total. The van der Waals surface area contributed by atoms with Gasteiger partial charge in [0.25, 0.3) is 0 Å². The Morgan fingerprint density at radius 3 is 2.50 bits per heavy atom. The Bertz CT molecular complexity index is 98.5. The second-order valence-corrected chi connectivity index (χ2v) is 2.74. The van der Waals surface area contributed by atoms with E-state index in [1.54, 1.807) is 0 Å². The number of aliphatic hydroxyl groups is 2. The first-order valence-corrected chi connectivity index (χ1v) is 4.84. The molecule has 1 aliphatic heterocycles. The highest BCUT2D eigenvalue weighted by molar-refractivity contribution is 4.77. The lowest BCUT2D eigenvalue weighted by Gasteiger charge is -2.20. The van der Waals surface area contributed by atoms with Gasteiger partial charge < -0.3 is 10.2 Å². The highest BCUT2D eigenvalue weighted by atomic mass is 16.3. The molecule has 0 aromatic rings. The molecule has 2 N–H and O–H groups in total. The third-order valence-electron chi connectivity index (χ3n) is 2.10. The molecule has 1 fully saturated rings. The van der Waals surface area contributed by atoms with Crippen LogP contribution in [0.4, 0.5) is 0 Å². The van der Waals surface area contributed by atoms with Gasteiger partial charge in [0, 0.05) is 12.6 Å². The molecular formula is C9H21NO2. The average Bonchev–Trinajstić information content (AvgIpc) is 2.56. The largest absolute Gasteiger partial charge is 0.395 e. The van der Waals surface area contributed by atoms with Crippen molar-refractivity contribution in [2.45, 2.75) is 32.7 Å². The summed E-state index contributed by atoms with van der Waals surface area (Å²) in [5, 5.41) is 17.5. The van der Waals surface area contributed by atoms with Gasteiger partial charge in [-0.25, -0.2) is 0 Å². The van der Waals surface area contributed by atoms with Crippen LogP contribution < -0.4 is 0 Å². The summed E-state index contributed by atoms with van der Waals surface area (Å²) in [4.78, 5) is 2.14. The second kappa shape index (κ2) is 7.53. The molecule has 0 bridgehead atoms. The van der Waals surface area contributed by atoms with Gasteiger partial charge in [-0.1, -0.05) is 13.8 Å². The van der Waals surface area contributed by atoms with Crippen LogP contribution in [0, 0.1) is 0 Å². The van der Waals surface area contributed by atoms with E-state index >= 15 is 0 Å². The molecule has 0 radical (unpaired) electrons. The first-order valence-electron chi connectivity index (χ1n) is 4.84. The van der Waals surface area contributed by atoms with Crippen molar-refractivity contribution >= 4 is 0 Å². The molecule has 3 heteroatoms. The molecule has 0 aromatic heterocycles. The van der Waals surface area contributed by atoms with Crippen molar-refractivity contribution in [2.75, 3.05) is 26.3 Å². The van der Waals surface area contributed by atoms with Crippen LogP contribution >= 0.6 is 0 Å². The molecule has 0 saturated carbocycles. The molecule has 1 saturated heterocycles. The van der Waals surface area contributed by atoms with E-state index in [4.69, 9.17) is 10.2 Å².